The minimum absolute atomic E-state index is 0.173. The molecule has 3 aromatic rings. The van der Waals surface area contributed by atoms with E-state index in [2.05, 4.69) is 5.32 Å². The van der Waals surface area contributed by atoms with Crippen LogP contribution in [-0.2, 0) is 14.8 Å². The Morgan fingerprint density at radius 2 is 1.58 bits per heavy atom. The molecule has 0 saturated carbocycles. The number of hydrogen-bond acceptors (Lipinski definition) is 4. The maximum atomic E-state index is 13.9. The largest absolute Gasteiger partial charge is 0.322 e. The first kappa shape index (κ1) is 23.2. The summed E-state index contributed by atoms with van der Waals surface area (Å²) >= 11 is 0. The number of nitrogens with zero attached hydrogens (tertiary/aromatic N) is 2. The number of sulfonamides is 1. The fourth-order valence-corrected chi connectivity index (χ4v) is 5.29. The summed E-state index contributed by atoms with van der Waals surface area (Å²) in [6.45, 7) is 2.49. The second kappa shape index (κ2) is 9.12. The van der Waals surface area contributed by atoms with E-state index in [-0.39, 0.29) is 31.1 Å². The normalized spacial score (nSPS) is 16.6. The quantitative estimate of drug-likeness (QED) is 0.571. The Balaban J connectivity index is 1.41. The van der Waals surface area contributed by atoms with Crippen molar-refractivity contribution in [1.82, 2.24) is 9.21 Å². The first-order chi connectivity index (χ1) is 15.7. The standard InChI is InChI=1S/C23H22F3N3O3S/c1-15(23(30)27-20-9-8-19(24)21(25)22(20)26)28-10-12-29(13-11-28)33(31,32)18-7-6-16-4-2-3-5-17(16)14-18/h2-9,14-15H,10-13H2,1H3,(H,27,30)/t15-/m1/s1. The molecule has 0 radical (unpaired) electrons. The van der Waals surface area contributed by atoms with Gasteiger partial charge in [0.05, 0.1) is 16.6 Å². The van der Waals surface area contributed by atoms with E-state index >= 15 is 0 Å². The highest BCUT2D eigenvalue weighted by molar-refractivity contribution is 7.89. The van der Waals surface area contributed by atoms with Gasteiger partial charge in [0.1, 0.15) is 0 Å². The van der Waals surface area contributed by atoms with Gasteiger partial charge in [-0.05, 0) is 42.0 Å². The number of piperazine rings is 1. The van der Waals surface area contributed by atoms with Gasteiger partial charge in [-0.3, -0.25) is 9.69 Å². The van der Waals surface area contributed by atoms with Crippen LogP contribution in [0.4, 0.5) is 18.9 Å². The second-order valence-electron chi connectivity index (χ2n) is 7.84. The minimum Gasteiger partial charge on any atom is -0.322 e. The number of carbonyl (C=O) groups is 1. The number of fused-ring (bicyclic) bond motifs is 1. The highest BCUT2D eigenvalue weighted by Crippen LogP contribution is 2.24. The molecule has 10 heteroatoms. The molecule has 1 saturated heterocycles. The molecule has 1 amide bonds. The number of hydrogen-bond donors (Lipinski definition) is 1. The summed E-state index contributed by atoms with van der Waals surface area (Å²) in [7, 11) is -3.71. The monoisotopic (exact) mass is 477 g/mol. The van der Waals surface area contributed by atoms with Gasteiger partial charge in [0.15, 0.2) is 17.5 Å². The summed E-state index contributed by atoms with van der Waals surface area (Å²) < 4.78 is 67.9. The Morgan fingerprint density at radius 1 is 0.909 bits per heavy atom. The van der Waals surface area contributed by atoms with E-state index < -0.39 is 45.1 Å². The molecule has 174 valence electrons. The molecular weight excluding hydrogens is 455 g/mol. The Kier molecular flexibility index (Phi) is 6.42. The first-order valence-corrected chi connectivity index (χ1v) is 11.8. The molecule has 1 aliphatic heterocycles. The van der Waals surface area contributed by atoms with Crippen molar-refractivity contribution in [1.29, 1.82) is 0 Å². The number of carbonyl (C=O) groups excluding carboxylic acids is 1. The highest BCUT2D eigenvalue weighted by atomic mass is 32.2. The van der Waals surface area contributed by atoms with Crippen molar-refractivity contribution < 1.29 is 26.4 Å². The van der Waals surface area contributed by atoms with Gasteiger partial charge in [-0.2, -0.15) is 4.31 Å². The number of rotatable bonds is 5. The zero-order valence-electron chi connectivity index (χ0n) is 17.8. The zero-order chi connectivity index (χ0) is 23.8. The molecule has 4 rings (SSSR count). The lowest BCUT2D eigenvalue weighted by Crippen LogP contribution is -2.53. The molecule has 1 aliphatic rings. The molecule has 0 bridgehead atoms. The average Bonchev–Trinajstić information content (AvgIpc) is 2.83. The summed E-state index contributed by atoms with van der Waals surface area (Å²) in [5.74, 6) is -5.08. The summed E-state index contributed by atoms with van der Waals surface area (Å²) in [6.07, 6.45) is 0. The van der Waals surface area contributed by atoms with E-state index in [0.29, 0.717) is 0 Å². The van der Waals surface area contributed by atoms with Crippen molar-refractivity contribution in [2.75, 3.05) is 31.5 Å². The van der Waals surface area contributed by atoms with Crippen molar-refractivity contribution in [3.8, 4) is 0 Å². The predicted octanol–water partition coefficient (Wildman–Crippen LogP) is 3.59. The van der Waals surface area contributed by atoms with Crippen LogP contribution in [0.1, 0.15) is 6.92 Å². The fraction of sp³-hybridized carbons (Fsp3) is 0.261. The van der Waals surface area contributed by atoms with Crippen molar-refractivity contribution in [2.45, 2.75) is 17.9 Å². The van der Waals surface area contributed by atoms with E-state index in [1.807, 2.05) is 24.3 Å². The average molecular weight is 478 g/mol. The molecule has 1 heterocycles. The lowest BCUT2D eigenvalue weighted by Gasteiger charge is -2.36. The number of anilines is 1. The van der Waals surface area contributed by atoms with Crippen LogP contribution in [0.2, 0.25) is 0 Å². The van der Waals surface area contributed by atoms with Crippen LogP contribution in [0.3, 0.4) is 0 Å². The van der Waals surface area contributed by atoms with Gasteiger partial charge in [-0.1, -0.05) is 30.3 Å². The van der Waals surface area contributed by atoms with Crippen molar-refractivity contribution in [3.05, 3.63) is 72.0 Å². The number of nitrogens with one attached hydrogen (secondary N) is 1. The van der Waals surface area contributed by atoms with Crippen LogP contribution in [0, 0.1) is 17.5 Å². The van der Waals surface area contributed by atoms with Crippen LogP contribution >= 0.6 is 0 Å². The van der Waals surface area contributed by atoms with E-state index in [1.54, 1.807) is 30.0 Å². The number of halogens is 3. The molecule has 1 fully saturated rings. The van der Waals surface area contributed by atoms with Crippen LogP contribution in [0.5, 0.6) is 0 Å². The first-order valence-electron chi connectivity index (χ1n) is 10.4. The lowest BCUT2D eigenvalue weighted by atomic mass is 10.1. The molecule has 3 aromatic carbocycles. The molecule has 33 heavy (non-hydrogen) atoms. The van der Waals surface area contributed by atoms with Gasteiger partial charge < -0.3 is 5.32 Å². The second-order valence-corrected chi connectivity index (χ2v) is 9.78. The molecule has 6 nitrogen and oxygen atoms in total. The minimum atomic E-state index is -3.71. The Bertz CT molecular complexity index is 1310. The molecule has 1 N–H and O–H groups in total. The molecule has 1 atom stereocenters. The van der Waals surface area contributed by atoms with Gasteiger partial charge in [0, 0.05) is 26.2 Å². The van der Waals surface area contributed by atoms with Crippen LogP contribution in [0.15, 0.2) is 59.5 Å². The molecule has 0 unspecified atom stereocenters. The van der Waals surface area contributed by atoms with Crippen molar-refractivity contribution in [2.24, 2.45) is 0 Å². The van der Waals surface area contributed by atoms with E-state index in [0.717, 1.165) is 22.9 Å². The van der Waals surface area contributed by atoms with Crippen molar-refractivity contribution in [3.63, 3.8) is 0 Å². The van der Waals surface area contributed by atoms with E-state index in [1.165, 1.54) is 4.31 Å². The summed E-state index contributed by atoms with van der Waals surface area (Å²) in [5.41, 5.74) is -0.455. The predicted molar refractivity (Wildman–Crippen MR) is 119 cm³/mol. The number of benzene rings is 3. The van der Waals surface area contributed by atoms with Gasteiger partial charge in [-0.15, -0.1) is 0 Å². The molecule has 0 spiro atoms. The van der Waals surface area contributed by atoms with Gasteiger partial charge >= 0.3 is 0 Å². The van der Waals surface area contributed by atoms with Gasteiger partial charge in [0.25, 0.3) is 0 Å². The third-order valence-electron chi connectivity index (χ3n) is 5.85. The maximum absolute atomic E-state index is 13.9. The van der Waals surface area contributed by atoms with Crippen LogP contribution < -0.4 is 5.32 Å². The molecular formula is C23H22F3N3O3S. The molecule has 0 aliphatic carbocycles. The highest BCUT2D eigenvalue weighted by Gasteiger charge is 2.32. The lowest BCUT2D eigenvalue weighted by molar-refractivity contribution is -0.121. The Labute approximate surface area is 189 Å². The van der Waals surface area contributed by atoms with Crippen LogP contribution in [0.25, 0.3) is 10.8 Å². The summed E-state index contributed by atoms with van der Waals surface area (Å²) in [6, 6.07) is 13.4. The fourth-order valence-electron chi connectivity index (χ4n) is 3.83. The summed E-state index contributed by atoms with van der Waals surface area (Å²) in [4.78, 5) is 14.5. The third-order valence-corrected chi connectivity index (χ3v) is 7.75. The van der Waals surface area contributed by atoms with Crippen molar-refractivity contribution >= 4 is 32.4 Å². The van der Waals surface area contributed by atoms with Gasteiger partial charge in [-0.25, -0.2) is 21.6 Å². The van der Waals surface area contributed by atoms with E-state index in [4.69, 9.17) is 0 Å². The maximum Gasteiger partial charge on any atom is 0.243 e. The van der Waals surface area contributed by atoms with Gasteiger partial charge in [0.2, 0.25) is 15.9 Å². The van der Waals surface area contributed by atoms with E-state index in [9.17, 15) is 26.4 Å². The van der Waals surface area contributed by atoms with Crippen LogP contribution in [-0.4, -0.2) is 55.8 Å². The third kappa shape index (κ3) is 4.59. The SMILES string of the molecule is C[C@H](C(=O)Nc1ccc(F)c(F)c1F)N1CCN(S(=O)(=O)c2ccc3ccccc3c2)CC1. The topological polar surface area (TPSA) is 69.7 Å². The molecule has 0 aromatic heterocycles. The Morgan fingerprint density at radius 3 is 2.27 bits per heavy atom. The zero-order valence-corrected chi connectivity index (χ0v) is 18.6. The number of amides is 1. The smallest absolute Gasteiger partial charge is 0.243 e. The Hall–Kier alpha value is -2.95. The summed E-state index contributed by atoms with van der Waals surface area (Å²) in [5, 5.41) is 4.03.